The fourth-order valence-electron chi connectivity index (χ4n) is 5.92. The number of benzene rings is 2. The van der Waals surface area contributed by atoms with E-state index in [0.29, 0.717) is 5.82 Å². The Balaban J connectivity index is 0.00000190. The molecule has 1 amide bonds. The van der Waals surface area contributed by atoms with E-state index < -0.39 is 9.84 Å². The van der Waals surface area contributed by atoms with Crippen LogP contribution in [0.2, 0.25) is 0 Å². The molecule has 0 bridgehead atoms. The van der Waals surface area contributed by atoms with Gasteiger partial charge in [-0.05, 0) is 55.9 Å². The van der Waals surface area contributed by atoms with Crippen molar-refractivity contribution in [1.82, 2.24) is 14.9 Å². The monoisotopic (exact) mass is 529 g/mol. The summed E-state index contributed by atoms with van der Waals surface area (Å²) in [6.45, 7) is 0. The van der Waals surface area contributed by atoms with Gasteiger partial charge in [0.05, 0.1) is 15.9 Å². The summed E-state index contributed by atoms with van der Waals surface area (Å²) in [7, 11) is -3.37. The van der Waals surface area contributed by atoms with Crippen LogP contribution in [0.5, 0.6) is 0 Å². The lowest BCUT2D eigenvalue weighted by atomic mass is 9.82. The standard InChI is InChI=1S/C28H35N3O3S.ClH/c1-35(33,34)23-16-10-13-21(19-23)27-30-24-17-8-9-18-25(24)31(27)26(20-11-4-2-5-12-20)28(32)29-22-14-6-3-7-15-22;/h8-10,13,16-20,22,26H,2-7,11-12,14-15H2,1H3,(H,29,32);1H. The zero-order chi connectivity index (χ0) is 24.4. The maximum absolute atomic E-state index is 14.0. The summed E-state index contributed by atoms with van der Waals surface area (Å²) in [5.74, 6) is 0.959. The Kier molecular flexibility index (Phi) is 8.41. The molecule has 1 unspecified atom stereocenters. The molecular formula is C28H36ClN3O3S. The van der Waals surface area contributed by atoms with E-state index in [9.17, 15) is 13.2 Å². The molecule has 5 rings (SSSR count). The van der Waals surface area contributed by atoms with Crippen LogP contribution in [-0.2, 0) is 14.6 Å². The van der Waals surface area contributed by atoms with Gasteiger partial charge >= 0.3 is 1.43 Å². The number of fused-ring (bicyclic) bond motifs is 1. The van der Waals surface area contributed by atoms with Crippen LogP contribution in [0, 0.1) is 5.92 Å². The fourth-order valence-corrected chi connectivity index (χ4v) is 6.59. The number of para-hydroxylation sites is 2. The molecular weight excluding hydrogens is 494 g/mol. The molecule has 3 aromatic rings. The van der Waals surface area contributed by atoms with Crippen molar-refractivity contribution in [2.75, 3.05) is 6.26 Å². The molecule has 6 nitrogen and oxygen atoms in total. The van der Waals surface area contributed by atoms with E-state index in [1.54, 1.807) is 18.2 Å². The molecule has 0 saturated heterocycles. The minimum atomic E-state index is -3.37. The maximum Gasteiger partial charge on any atom is 1.00 e. The van der Waals surface area contributed by atoms with Crippen molar-refractivity contribution in [2.45, 2.75) is 81.2 Å². The second-order valence-electron chi connectivity index (χ2n) is 10.3. The number of carbonyl (C=O) groups excluding carboxylic acids is 1. The molecule has 2 aliphatic rings. The third kappa shape index (κ3) is 5.62. The highest BCUT2D eigenvalue weighted by molar-refractivity contribution is 7.90. The molecule has 1 heterocycles. The van der Waals surface area contributed by atoms with Gasteiger partial charge in [-0.25, -0.2) is 13.4 Å². The zero-order valence-corrected chi connectivity index (χ0v) is 22.4. The Morgan fingerprint density at radius 1 is 0.972 bits per heavy atom. The van der Waals surface area contributed by atoms with Crippen LogP contribution in [-0.4, -0.2) is 36.2 Å². The molecule has 2 fully saturated rings. The van der Waals surface area contributed by atoms with E-state index in [2.05, 4.69) is 9.88 Å². The molecule has 0 aliphatic heterocycles. The highest BCUT2D eigenvalue weighted by Crippen LogP contribution is 2.39. The van der Waals surface area contributed by atoms with Crippen LogP contribution in [0.4, 0.5) is 0 Å². The number of rotatable bonds is 6. The first-order valence-electron chi connectivity index (χ1n) is 13.0. The van der Waals surface area contributed by atoms with Gasteiger partial charge in [0.1, 0.15) is 11.9 Å². The summed E-state index contributed by atoms with van der Waals surface area (Å²) in [6.07, 6.45) is 12.4. The smallest absolute Gasteiger partial charge is 1.00 e. The quantitative estimate of drug-likeness (QED) is 0.532. The predicted octanol–water partition coefficient (Wildman–Crippen LogP) is 2.79. The second-order valence-corrected chi connectivity index (χ2v) is 12.3. The van der Waals surface area contributed by atoms with E-state index in [4.69, 9.17) is 4.98 Å². The molecule has 2 aliphatic carbocycles. The number of sulfone groups is 1. The Morgan fingerprint density at radius 2 is 1.64 bits per heavy atom. The molecule has 1 aromatic heterocycles. The summed E-state index contributed by atoms with van der Waals surface area (Å²) in [6, 6.07) is 14.7. The van der Waals surface area contributed by atoms with Crippen LogP contribution >= 0.6 is 0 Å². The lowest BCUT2D eigenvalue weighted by Gasteiger charge is -2.33. The summed E-state index contributed by atoms with van der Waals surface area (Å²) < 4.78 is 26.7. The lowest BCUT2D eigenvalue weighted by Crippen LogP contribution is -3.00. The first kappa shape index (κ1) is 26.7. The van der Waals surface area contributed by atoms with E-state index in [0.717, 1.165) is 68.0 Å². The van der Waals surface area contributed by atoms with Crippen LogP contribution in [0.1, 0.15) is 71.7 Å². The number of aromatic nitrogens is 2. The number of carbonyl (C=O) groups is 1. The number of imidazole rings is 1. The molecule has 2 aromatic carbocycles. The molecule has 194 valence electrons. The second kappa shape index (κ2) is 11.3. The Bertz CT molecular complexity index is 1320. The minimum absolute atomic E-state index is 0. The molecule has 0 spiro atoms. The van der Waals surface area contributed by atoms with Crippen molar-refractivity contribution < 1.29 is 27.0 Å². The molecule has 1 N–H and O–H groups in total. The molecule has 0 radical (unpaired) electrons. The molecule has 1 atom stereocenters. The van der Waals surface area contributed by atoms with Gasteiger partial charge in [-0.1, -0.05) is 62.8 Å². The van der Waals surface area contributed by atoms with Gasteiger partial charge in [0.25, 0.3) is 0 Å². The molecule has 36 heavy (non-hydrogen) atoms. The van der Waals surface area contributed by atoms with Crippen LogP contribution in [0.25, 0.3) is 22.4 Å². The minimum Gasteiger partial charge on any atom is -1.00 e. The largest absolute Gasteiger partial charge is 1.00 e. The zero-order valence-electron chi connectivity index (χ0n) is 21.8. The van der Waals surface area contributed by atoms with Crippen molar-refractivity contribution in [3.05, 3.63) is 48.5 Å². The van der Waals surface area contributed by atoms with Crippen molar-refractivity contribution in [3.63, 3.8) is 0 Å². The van der Waals surface area contributed by atoms with Crippen molar-refractivity contribution in [3.8, 4) is 11.4 Å². The maximum atomic E-state index is 14.0. The SMILES string of the molecule is CS(=O)(=O)c1cccc(-c2nc3ccccc3n2C(C(=O)NC2CCCCC2)C2CCCCC2)c1.[Cl-].[H+]. The van der Waals surface area contributed by atoms with Gasteiger partial charge in [-0.3, -0.25) is 4.79 Å². The lowest BCUT2D eigenvalue weighted by molar-refractivity contribution is -0.127. The van der Waals surface area contributed by atoms with Crippen molar-refractivity contribution >= 4 is 26.8 Å². The number of hydrogen-bond donors (Lipinski definition) is 1. The van der Waals surface area contributed by atoms with E-state index in [1.807, 2.05) is 30.3 Å². The van der Waals surface area contributed by atoms with Gasteiger partial charge < -0.3 is 22.3 Å². The van der Waals surface area contributed by atoms with Gasteiger partial charge in [0.15, 0.2) is 9.84 Å². The Morgan fingerprint density at radius 3 is 2.33 bits per heavy atom. The summed E-state index contributed by atoms with van der Waals surface area (Å²) >= 11 is 0. The average molecular weight is 530 g/mol. The topological polar surface area (TPSA) is 81.1 Å². The van der Waals surface area contributed by atoms with E-state index in [1.165, 1.54) is 19.1 Å². The summed E-state index contributed by atoms with van der Waals surface area (Å²) in [4.78, 5) is 19.2. The average Bonchev–Trinajstić information content (AvgIpc) is 3.24. The first-order chi connectivity index (χ1) is 16.9. The van der Waals surface area contributed by atoms with Gasteiger partial charge in [0, 0.05) is 17.9 Å². The molecule has 2 saturated carbocycles. The predicted molar refractivity (Wildman–Crippen MR) is 140 cm³/mol. The summed E-state index contributed by atoms with van der Waals surface area (Å²) in [5, 5.41) is 3.40. The van der Waals surface area contributed by atoms with Crippen LogP contribution in [0.15, 0.2) is 53.4 Å². The van der Waals surface area contributed by atoms with Gasteiger partial charge in [-0.15, -0.1) is 0 Å². The van der Waals surface area contributed by atoms with Crippen molar-refractivity contribution in [1.29, 1.82) is 0 Å². The first-order valence-corrected chi connectivity index (χ1v) is 14.9. The number of amides is 1. The Hall–Kier alpha value is -2.38. The highest BCUT2D eigenvalue weighted by atomic mass is 35.5. The number of halogens is 1. The third-order valence-electron chi connectivity index (χ3n) is 7.71. The Labute approximate surface area is 221 Å². The number of nitrogens with one attached hydrogen (secondary N) is 1. The van der Waals surface area contributed by atoms with Gasteiger partial charge in [-0.2, -0.15) is 0 Å². The van der Waals surface area contributed by atoms with E-state index >= 15 is 0 Å². The fraction of sp³-hybridized carbons (Fsp3) is 0.500. The van der Waals surface area contributed by atoms with E-state index in [-0.39, 0.29) is 42.6 Å². The number of nitrogens with zero attached hydrogens (tertiary/aromatic N) is 2. The third-order valence-corrected chi connectivity index (χ3v) is 8.82. The van der Waals surface area contributed by atoms with Gasteiger partial charge in [0.2, 0.25) is 5.91 Å². The molecule has 8 heteroatoms. The van der Waals surface area contributed by atoms with Crippen molar-refractivity contribution in [2.24, 2.45) is 5.92 Å². The van der Waals surface area contributed by atoms with Crippen LogP contribution in [0.3, 0.4) is 0 Å². The van der Waals surface area contributed by atoms with Crippen LogP contribution < -0.4 is 17.7 Å². The summed E-state index contributed by atoms with van der Waals surface area (Å²) in [5.41, 5.74) is 2.45. The highest BCUT2D eigenvalue weighted by Gasteiger charge is 2.35. The normalized spacial score (nSPS) is 18.5. The number of hydrogen-bond acceptors (Lipinski definition) is 4.